The second kappa shape index (κ2) is 6.48. The number of alkyl halides is 2. The molecule has 0 aliphatic heterocycles. The van der Waals surface area contributed by atoms with E-state index in [1.165, 1.54) is 0 Å². The Kier molecular flexibility index (Phi) is 5.25. The van der Waals surface area contributed by atoms with Gasteiger partial charge in [0.05, 0.1) is 13.0 Å². The highest BCUT2D eigenvalue weighted by molar-refractivity contribution is 7.99. The minimum Gasteiger partial charge on any atom is -0.466 e. The van der Waals surface area contributed by atoms with E-state index in [4.69, 9.17) is 4.74 Å². The summed E-state index contributed by atoms with van der Waals surface area (Å²) in [5, 5.41) is 0. The fourth-order valence-electron chi connectivity index (χ4n) is 1.17. The van der Waals surface area contributed by atoms with Gasteiger partial charge in [-0.25, -0.2) is 0 Å². The molecule has 0 N–H and O–H groups in total. The average molecular weight is 246 g/mol. The van der Waals surface area contributed by atoms with Gasteiger partial charge in [-0.3, -0.25) is 4.79 Å². The van der Waals surface area contributed by atoms with Crippen molar-refractivity contribution in [2.45, 2.75) is 24.0 Å². The molecule has 0 spiro atoms. The molecule has 0 unspecified atom stereocenters. The summed E-state index contributed by atoms with van der Waals surface area (Å²) in [4.78, 5) is 11.6. The lowest BCUT2D eigenvalue weighted by molar-refractivity contribution is -0.142. The SMILES string of the molecule is CCOC(=O)Cc1ccc(SC(F)F)cc1. The third kappa shape index (κ3) is 4.61. The van der Waals surface area contributed by atoms with Crippen LogP contribution in [0.4, 0.5) is 8.78 Å². The van der Waals surface area contributed by atoms with Crippen molar-refractivity contribution in [3.8, 4) is 0 Å². The molecule has 0 aromatic heterocycles. The highest BCUT2D eigenvalue weighted by Gasteiger charge is 2.06. The van der Waals surface area contributed by atoms with Crippen LogP contribution in [0.2, 0.25) is 0 Å². The Morgan fingerprint density at radius 1 is 1.38 bits per heavy atom. The number of ether oxygens (including phenoxy) is 1. The van der Waals surface area contributed by atoms with Crippen LogP contribution in [0, 0.1) is 0 Å². The van der Waals surface area contributed by atoms with Crippen LogP contribution in [0.5, 0.6) is 0 Å². The lowest BCUT2D eigenvalue weighted by Gasteiger charge is -2.03. The zero-order valence-corrected chi connectivity index (χ0v) is 9.60. The monoisotopic (exact) mass is 246 g/mol. The zero-order valence-electron chi connectivity index (χ0n) is 8.78. The van der Waals surface area contributed by atoms with E-state index in [9.17, 15) is 13.6 Å². The highest BCUT2D eigenvalue weighted by Crippen LogP contribution is 2.25. The second-order valence-electron chi connectivity index (χ2n) is 3.00. The van der Waals surface area contributed by atoms with Crippen molar-refractivity contribution in [1.29, 1.82) is 0 Å². The molecule has 1 rings (SSSR count). The summed E-state index contributed by atoms with van der Waals surface area (Å²) in [6, 6.07) is 6.46. The molecule has 16 heavy (non-hydrogen) atoms. The molecule has 0 fully saturated rings. The lowest BCUT2D eigenvalue weighted by atomic mass is 10.1. The Hall–Kier alpha value is -1.10. The molecule has 88 valence electrons. The van der Waals surface area contributed by atoms with Gasteiger partial charge in [0.15, 0.2) is 0 Å². The van der Waals surface area contributed by atoms with Gasteiger partial charge >= 0.3 is 5.97 Å². The number of rotatable bonds is 5. The van der Waals surface area contributed by atoms with Crippen molar-refractivity contribution < 1.29 is 18.3 Å². The summed E-state index contributed by atoms with van der Waals surface area (Å²) in [6.45, 7) is 2.08. The summed E-state index contributed by atoms with van der Waals surface area (Å²) in [5.41, 5.74) is 0.761. The molecule has 0 aliphatic rings. The number of thioether (sulfide) groups is 1. The quantitative estimate of drug-likeness (QED) is 0.590. The van der Waals surface area contributed by atoms with Gasteiger partial charge in [-0.05, 0) is 24.6 Å². The van der Waals surface area contributed by atoms with E-state index >= 15 is 0 Å². The van der Waals surface area contributed by atoms with Crippen LogP contribution < -0.4 is 0 Å². The molecule has 0 bridgehead atoms. The molecular weight excluding hydrogens is 234 g/mol. The van der Waals surface area contributed by atoms with Crippen molar-refractivity contribution in [1.82, 2.24) is 0 Å². The molecule has 0 aliphatic carbocycles. The molecule has 0 saturated carbocycles. The molecule has 0 radical (unpaired) electrons. The topological polar surface area (TPSA) is 26.3 Å². The van der Waals surface area contributed by atoms with Crippen molar-refractivity contribution >= 4 is 17.7 Å². The first-order valence-corrected chi connectivity index (χ1v) is 5.69. The number of carbonyl (C=O) groups excluding carboxylic acids is 1. The van der Waals surface area contributed by atoms with Gasteiger partial charge in [0.2, 0.25) is 0 Å². The zero-order chi connectivity index (χ0) is 12.0. The maximum atomic E-state index is 12.0. The Morgan fingerprint density at radius 3 is 2.50 bits per heavy atom. The smallest absolute Gasteiger partial charge is 0.310 e. The maximum Gasteiger partial charge on any atom is 0.310 e. The van der Waals surface area contributed by atoms with E-state index in [1.807, 2.05) is 0 Å². The van der Waals surface area contributed by atoms with Gasteiger partial charge in [-0.15, -0.1) is 0 Å². The van der Waals surface area contributed by atoms with Crippen LogP contribution in [-0.2, 0) is 16.0 Å². The van der Waals surface area contributed by atoms with Crippen LogP contribution in [0.15, 0.2) is 29.2 Å². The molecule has 0 amide bonds. The molecule has 2 nitrogen and oxygen atoms in total. The first kappa shape index (κ1) is 13.0. The fourth-order valence-corrected chi connectivity index (χ4v) is 1.67. The highest BCUT2D eigenvalue weighted by atomic mass is 32.2. The van der Waals surface area contributed by atoms with Crippen LogP contribution in [-0.4, -0.2) is 18.3 Å². The minimum absolute atomic E-state index is 0.174. The molecule has 5 heteroatoms. The third-order valence-corrected chi connectivity index (χ3v) is 2.52. The second-order valence-corrected chi connectivity index (χ2v) is 4.07. The summed E-state index contributed by atoms with van der Waals surface area (Å²) in [7, 11) is 0. The van der Waals surface area contributed by atoms with Crippen LogP contribution >= 0.6 is 11.8 Å². The average Bonchev–Trinajstić information content (AvgIpc) is 2.20. The Balaban J connectivity index is 2.54. The first-order chi connectivity index (χ1) is 7.61. The van der Waals surface area contributed by atoms with E-state index in [2.05, 4.69) is 0 Å². The number of halogens is 2. The Morgan fingerprint density at radius 2 is 2.00 bits per heavy atom. The van der Waals surface area contributed by atoms with Crippen molar-refractivity contribution in [3.05, 3.63) is 29.8 Å². The van der Waals surface area contributed by atoms with Crippen molar-refractivity contribution in [2.75, 3.05) is 6.61 Å². The summed E-state index contributed by atoms with van der Waals surface area (Å²) in [6.07, 6.45) is 0.174. The summed E-state index contributed by atoms with van der Waals surface area (Å²) < 4.78 is 28.8. The van der Waals surface area contributed by atoms with E-state index in [0.717, 1.165) is 5.56 Å². The van der Waals surface area contributed by atoms with E-state index < -0.39 is 5.76 Å². The number of carbonyl (C=O) groups is 1. The van der Waals surface area contributed by atoms with Gasteiger partial charge < -0.3 is 4.74 Å². The largest absolute Gasteiger partial charge is 0.466 e. The van der Waals surface area contributed by atoms with Gasteiger partial charge in [0.1, 0.15) is 0 Å². The molecule has 0 saturated heterocycles. The first-order valence-electron chi connectivity index (χ1n) is 4.81. The maximum absolute atomic E-state index is 12.0. The predicted octanol–water partition coefficient (Wildman–Crippen LogP) is 3.11. The number of benzene rings is 1. The van der Waals surface area contributed by atoms with Gasteiger partial charge in [-0.1, -0.05) is 23.9 Å². The molecule has 0 atom stereocenters. The van der Waals surface area contributed by atoms with E-state index in [1.54, 1.807) is 31.2 Å². The molecule has 0 heterocycles. The van der Waals surface area contributed by atoms with Gasteiger partial charge in [0, 0.05) is 4.90 Å². The Bertz CT molecular complexity index is 338. The number of hydrogen-bond donors (Lipinski definition) is 0. The lowest BCUT2D eigenvalue weighted by Crippen LogP contribution is -2.07. The van der Waals surface area contributed by atoms with Crippen LogP contribution in [0.25, 0.3) is 0 Å². The predicted molar refractivity (Wildman–Crippen MR) is 58.6 cm³/mol. The summed E-state index contributed by atoms with van der Waals surface area (Å²) in [5.74, 6) is -2.73. The van der Waals surface area contributed by atoms with E-state index in [-0.39, 0.29) is 12.4 Å². The summed E-state index contributed by atoms with van der Waals surface area (Å²) >= 11 is 0.487. The van der Waals surface area contributed by atoms with Gasteiger partial charge in [-0.2, -0.15) is 8.78 Å². The fraction of sp³-hybridized carbons (Fsp3) is 0.364. The van der Waals surface area contributed by atoms with Gasteiger partial charge in [0.25, 0.3) is 5.76 Å². The van der Waals surface area contributed by atoms with Crippen LogP contribution in [0.1, 0.15) is 12.5 Å². The third-order valence-electron chi connectivity index (χ3n) is 1.80. The normalized spacial score (nSPS) is 10.5. The number of esters is 1. The van der Waals surface area contributed by atoms with Crippen molar-refractivity contribution in [2.24, 2.45) is 0 Å². The minimum atomic E-state index is -2.42. The van der Waals surface area contributed by atoms with Crippen LogP contribution in [0.3, 0.4) is 0 Å². The Labute approximate surface area is 97.0 Å². The van der Waals surface area contributed by atoms with Crippen molar-refractivity contribution in [3.63, 3.8) is 0 Å². The molecule has 1 aromatic carbocycles. The number of hydrogen-bond acceptors (Lipinski definition) is 3. The standard InChI is InChI=1S/C11H12F2O2S/c1-2-15-10(14)7-8-3-5-9(6-4-8)16-11(12)13/h3-6,11H,2,7H2,1H3. The van der Waals surface area contributed by atoms with E-state index in [0.29, 0.717) is 23.3 Å². The molecule has 1 aromatic rings. The molecular formula is C11H12F2O2S.